The van der Waals surface area contributed by atoms with Crippen molar-refractivity contribution in [2.24, 2.45) is 5.92 Å². The minimum absolute atomic E-state index is 0.0488. The normalized spacial score (nSPS) is 18.0. The number of rotatable bonds is 5. The number of hydrogen-bond acceptors (Lipinski definition) is 3. The lowest BCUT2D eigenvalue weighted by atomic mass is 9.90. The van der Waals surface area contributed by atoms with Crippen LogP contribution in [0.3, 0.4) is 0 Å². The highest BCUT2D eigenvalue weighted by Gasteiger charge is 2.29. The fourth-order valence-corrected chi connectivity index (χ4v) is 2.64. The van der Waals surface area contributed by atoms with Gasteiger partial charge < -0.3 is 10.0 Å². The predicted octanol–water partition coefficient (Wildman–Crippen LogP) is 2.11. The van der Waals surface area contributed by atoms with Crippen molar-refractivity contribution in [1.82, 2.24) is 4.90 Å². The summed E-state index contributed by atoms with van der Waals surface area (Å²) in [6.45, 7) is 0.848. The molecule has 1 heterocycles. The molecule has 0 radical (unpaired) electrons. The Morgan fingerprint density at radius 3 is 2.50 bits per heavy atom. The summed E-state index contributed by atoms with van der Waals surface area (Å²) in [5.74, 6) is -2.06. The summed E-state index contributed by atoms with van der Waals surface area (Å²) in [5.41, 5.74) is 0.436. The van der Waals surface area contributed by atoms with E-state index < -0.39 is 11.8 Å². The van der Waals surface area contributed by atoms with E-state index in [1.165, 1.54) is 24.3 Å². The monoisotopic (exact) mass is 307 g/mol. The van der Waals surface area contributed by atoms with Crippen LogP contribution in [0.15, 0.2) is 24.3 Å². The highest BCUT2D eigenvalue weighted by Crippen LogP contribution is 2.22. The van der Waals surface area contributed by atoms with E-state index in [0.29, 0.717) is 31.5 Å². The first kappa shape index (κ1) is 16.1. The molecule has 5 nitrogen and oxygen atoms in total. The number of carboxylic acids is 1. The number of carbonyl (C=O) groups is 3. The molecular weight excluding hydrogens is 289 g/mol. The molecule has 0 spiro atoms. The predicted molar refractivity (Wildman–Crippen MR) is 76.9 cm³/mol. The molecule has 1 atom stereocenters. The van der Waals surface area contributed by atoms with Crippen molar-refractivity contribution < 1.29 is 23.9 Å². The maximum atomic E-state index is 12.9. The second kappa shape index (κ2) is 7.15. The zero-order valence-corrected chi connectivity index (χ0v) is 12.1. The average Bonchev–Trinajstić information content (AvgIpc) is 2.52. The van der Waals surface area contributed by atoms with Gasteiger partial charge in [-0.2, -0.15) is 0 Å². The molecule has 1 aliphatic rings. The number of benzene rings is 1. The molecule has 1 aliphatic heterocycles. The first-order valence-corrected chi connectivity index (χ1v) is 7.26. The Kier molecular flexibility index (Phi) is 5.25. The number of aliphatic carboxylic acids is 1. The van der Waals surface area contributed by atoms with Crippen LogP contribution in [0.2, 0.25) is 0 Å². The third-order valence-corrected chi connectivity index (χ3v) is 3.83. The largest absolute Gasteiger partial charge is 0.481 e. The summed E-state index contributed by atoms with van der Waals surface area (Å²) >= 11 is 0. The first-order valence-electron chi connectivity index (χ1n) is 7.26. The van der Waals surface area contributed by atoms with Crippen LogP contribution in [-0.2, 0) is 9.59 Å². The number of ketones is 1. The van der Waals surface area contributed by atoms with Gasteiger partial charge in [-0.05, 0) is 37.1 Å². The van der Waals surface area contributed by atoms with Gasteiger partial charge in [0.2, 0.25) is 5.91 Å². The maximum absolute atomic E-state index is 12.9. The molecule has 1 aromatic carbocycles. The van der Waals surface area contributed by atoms with E-state index in [2.05, 4.69) is 0 Å². The molecular formula is C16H18FNO4. The third-order valence-electron chi connectivity index (χ3n) is 3.83. The summed E-state index contributed by atoms with van der Waals surface area (Å²) in [6, 6.07) is 5.38. The molecule has 6 heteroatoms. The fraction of sp³-hybridized carbons (Fsp3) is 0.438. The van der Waals surface area contributed by atoms with E-state index in [1.807, 2.05) is 0 Å². The lowest BCUT2D eigenvalue weighted by Crippen LogP contribution is -2.42. The van der Waals surface area contributed by atoms with Gasteiger partial charge >= 0.3 is 5.97 Å². The average molecular weight is 307 g/mol. The van der Waals surface area contributed by atoms with Gasteiger partial charge in [0.25, 0.3) is 0 Å². The topological polar surface area (TPSA) is 74.7 Å². The van der Waals surface area contributed by atoms with Crippen LogP contribution in [0, 0.1) is 11.7 Å². The van der Waals surface area contributed by atoms with Crippen LogP contribution in [0.1, 0.15) is 36.0 Å². The molecule has 0 aromatic heterocycles. The van der Waals surface area contributed by atoms with Crippen molar-refractivity contribution in [3.63, 3.8) is 0 Å². The van der Waals surface area contributed by atoms with Crippen LogP contribution in [0.5, 0.6) is 0 Å². The third kappa shape index (κ3) is 4.13. The highest BCUT2D eigenvalue weighted by molar-refractivity contribution is 5.98. The smallest absolute Gasteiger partial charge is 0.303 e. The van der Waals surface area contributed by atoms with E-state index in [0.717, 1.165) is 0 Å². The summed E-state index contributed by atoms with van der Waals surface area (Å²) < 4.78 is 12.9. The number of nitrogens with zero attached hydrogens (tertiary/aromatic N) is 1. The second-order valence-corrected chi connectivity index (χ2v) is 5.44. The molecule has 1 saturated heterocycles. The van der Waals surface area contributed by atoms with Gasteiger partial charge in [-0.1, -0.05) is 0 Å². The van der Waals surface area contributed by atoms with Crippen molar-refractivity contribution in [2.45, 2.75) is 25.7 Å². The molecule has 22 heavy (non-hydrogen) atoms. The summed E-state index contributed by atoms with van der Waals surface area (Å²) in [5, 5.41) is 8.62. The Morgan fingerprint density at radius 2 is 1.86 bits per heavy atom. The molecule has 118 valence electrons. The van der Waals surface area contributed by atoms with Gasteiger partial charge in [0, 0.05) is 31.0 Å². The Bertz CT molecular complexity index is 570. The molecule has 1 unspecified atom stereocenters. The van der Waals surface area contributed by atoms with Crippen molar-refractivity contribution in [3.05, 3.63) is 35.6 Å². The first-order chi connectivity index (χ1) is 10.5. The van der Waals surface area contributed by atoms with Crippen molar-refractivity contribution >= 4 is 17.7 Å². The molecule has 1 N–H and O–H groups in total. The molecule has 1 aromatic rings. The number of carboxylic acid groups (broad SMARTS) is 1. The zero-order chi connectivity index (χ0) is 16.1. The van der Waals surface area contributed by atoms with Crippen LogP contribution < -0.4 is 0 Å². The molecule has 2 rings (SSSR count). The van der Waals surface area contributed by atoms with E-state index in [1.54, 1.807) is 4.90 Å². The SMILES string of the molecule is O=C(O)CCC(=O)N1CCCC(C(=O)c2ccc(F)cc2)C1. The van der Waals surface area contributed by atoms with E-state index >= 15 is 0 Å². The van der Waals surface area contributed by atoms with Crippen molar-refractivity contribution in [3.8, 4) is 0 Å². The fourth-order valence-electron chi connectivity index (χ4n) is 2.64. The number of carbonyl (C=O) groups excluding carboxylic acids is 2. The lowest BCUT2D eigenvalue weighted by molar-refractivity contribution is -0.141. The molecule has 0 aliphatic carbocycles. The molecule has 1 amide bonds. The Labute approximate surface area is 127 Å². The van der Waals surface area contributed by atoms with Gasteiger partial charge in [-0.15, -0.1) is 0 Å². The second-order valence-electron chi connectivity index (χ2n) is 5.44. The Morgan fingerprint density at radius 1 is 1.18 bits per heavy atom. The van der Waals surface area contributed by atoms with Crippen LogP contribution >= 0.6 is 0 Å². The minimum Gasteiger partial charge on any atom is -0.481 e. The van der Waals surface area contributed by atoms with Crippen LogP contribution in [0.25, 0.3) is 0 Å². The van der Waals surface area contributed by atoms with Gasteiger partial charge in [0.15, 0.2) is 5.78 Å². The summed E-state index contributed by atoms with van der Waals surface area (Å²) in [6.07, 6.45) is 1.13. The van der Waals surface area contributed by atoms with E-state index in [-0.39, 0.29) is 30.4 Å². The Balaban J connectivity index is 1.97. The highest BCUT2D eigenvalue weighted by atomic mass is 19.1. The number of likely N-dealkylation sites (tertiary alicyclic amines) is 1. The van der Waals surface area contributed by atoms with Crippen molar-refractivity contribution in [1.29, 1.82) is 0 Å². The van der Waals surface area contributed by atoms with Gasteiger partial charge in [-0.3, -0.25) is 14.4 Å². The van der Waals surface area contributed by atoms with Gasteiger partial charge in [-0.25, -0.2) is 4.39 Å². The van der Waals surface area contributed by atoms with E-state index in [9.17, 15) is 18.8 Å². The van der Waals surface area contributed by atoms with Crippen molar-refractivity contribution in [2.75, 3.05) is 13.1 Å². The molecule has 0 bridgehead atoms. The maximum Gasteiger partial charge on any atom is 0.303 e. The molecule has 1 fully saturated rings. The number of Topliss-reactive ketones (excluding diaryl/α,β-unsaturated/α-hetero) is 1. The lowest BCUT2D eigenvalue weighted by Gasteiger charge is -2.32. The number of piperidine rings is 1. The van der Waals surface area contributed by atoms with E-state index in [4.69, 9.17) is 5.11 Å². The summed E-state index contributed by atoms with van der Waals surface area (Å²) in [7, 11) is 0. The molecule has 0 saturated carbocycles. The number of hydrogen-bond donors (Lipinski definition) is 1. The Hall–Kier alpha value is -2.24. The standard InChI is InChI=1S/C16H18FNO4/c17-13-5-3-11(4-6-13)16(22)12-2-1-9-18(10-12)14(19)7-8-15(20)21/h3-6,12H,1-2,7-10H2,(H,20,21). The quantitative estimate of drug-likeness (QED) is 0.845. The van der Waals surface area contributed by atoms with Crippen LogP contribution in [0.4, 0.5) is 4.39 Å². The minimum atomic E-state index is -1.01. The van der Waals surface area contributed by atoms with Gasteiger partial charge in [0.05, 0.1) is 6.42 Å². The summed E-state index contributed by atoms with van der Waals surface area (Å²) in [4.78, 5) is 36.4. The van der Waals surface area contributed by atoms with Crippen LogP contribution in [-0.4, -0.2) is 40.8 Å². The number of halogens is 1. The number of amides is 1. The van der Waals surface area contributed by atoms with Gasteiger partial charge in [0.1, 0.15) is 5.82 Å². The zero-order valence-electron chi connectivity index (χ0n) is 12.1.